The molecule has 0 aromatic heterocycles. The average molecular weight is 444 g/mol. The molecule has 0 bridgehead atoms. The molecule has 2 aromatic rings. The third kappa shape index (κ3) is 6.86. The Morgan fingerprint density at radius 2 is 1.34 bits per heavy atom. The fraction of sp³-hybridized carbons (Fsp3) is 0.417. The Labute approximate surface area is 187 Å². The fourth-order valence-corrected chi connectivity index (χ4v) is 3.47. The van der Waals surface area contributed by atoms with Crippen molar-refractivity contribution in [1.29, 1.82) is 0 Å². The number of hydrogen-bond acceptors (Lipinski definition) is 8. The summed E-state index contributed by atoms with van der Waals surface area (Å²) in [5, 5.41) is 10.6. The molecule has 8 nitrogen and oxygen atoms in total. The molecule has 1 aliphatic rings. The van der Waals surface area contributed by atoms with Gasteiger partial charge in [0, 0.05) is 13.8 Å². The summed E-state index contributed by atoms with van der Waals surface area (Å²) in [7, 11) is 0. The summed E-state index contributed by atoms with van der Waals surface area (Å²) >= 11 is 0. The molecule has 3 rings (SSSR count). The van der Waals surface area contributed by atoms with Gasteiger partial charge in [0.25, 0.3) is 0 Å². The molecular weight excluding hydrogens is 416 g/mol. The van der Waals surface area contributed by atoms with E-state index in [-0.39, 0.29) is 19.8 Å². The molecule has 1 aliphatic heterocycles. The Morgan fingerprint density at radius 3 is 1.84 bits per heavy atom. The Hall–Kier alpha value is -2.78. The second-order valence-corrected chi connectivity index (χ2v) is 7.46. The summed E-state index contributed by atoms with van der Waals surface area (Å²) in [6.07, 6.45) is -5.11. The van der Waals surface area contributed by atoms with Crippen molar-refractivity contribution in [3.63, 3.8) is 0 Å². The van der Waals surface area contributed by atoms with Gasteiger partial charge < -0.3 is 28.8 Å². The fourth-order valence-electron chi connectivity index (χ4n) is 3.47. The van der Waals surface area contributed by atoms with Gasteiger partial charge >= 0.3 is 11.9 Å². The number of aliphatic hydroxyl groups excluding tert-OH is 1. The van der Waals surface area contributed by atoms with Crippen LogP contribution >= 0.6 is 0 Å². The smallest absolute Gasteiger partial charge is 0.303 e. The largest absolute Gasteiger partial charge is 0.463 e. The molecule has 0 radical (unpaired) electrons. The first-order valence-electron chi connectivity index (χ1n) is 10.4. The molecular formula is C24H28O8. The molecule has 0 unspecified atom stereocenters. The number of ether oxygens (including phenoxy) is 5. The van der Waals surface area contributed by atoms with Gasteiger partial charge in [0.2, 0.25) is 0 Å². The second kappa shape index (κ2) is 11.7. The van der Waals surface area contributed by atoms with E-state index >= 15 is 0 Å². The normalized spacial score (nSPS) is 25.2. The zero-order valence-corrected chi connectivity index (χ0v) is 18.1. The predicted octanol–water partition coefficient (Wildman–Crippen LogP) is 2.37. The SMILES string of the molecule is CC(=O)OC[C@H]1O[C@@H](O)[C@H](OCc2ccccc2)[C@@H](OC(C)=O)[C@@H]1OCc1ccccc1. The summed E-state index contributed by atoms with van der Waals surface area (Å²) in [5.74, 6) is -1.06. The lowest BCUT2D eigenvalue weighted by Gasteiger charge is -2.43. The van der Waals surface area contributed by atoms with Crippen molar-refractivity contribution in [2.45, 2.75) is 57.8 Å². The van der Waals surface area contributed by atoms with Crippen molar-refractivity contribution in [3.05, 3.63) is 71.8 Å². The van der Waals surface area contributed by atoms with Gasteiger partial charge in [-0.3, -0.25) is 9.59 Å². The lowest BCUT2D eigenvalue weighted by Crippen LogP contribution is -2.61. The predicted molar refractivity (Wildman–Crippen MR) is 113 cm³/mol. The van der Waals surface area contributed by atoms with E-state index in [9.17, 15) is 14.7 Å². The Bertz CT molecular complexity index is 857. The van der Waals surface area contributed by atoms with Gasteiger partial charge in [-0.05, 0) is 11.1 Å². The van der Waals surface area contributed by atoms with Gasteiger partial charge in [-0.15, -0.1) is 0 Å². The first-order valence-corrected chi connectivity index (χ1v) is 10.4. The minimum absolute atomic E-state index is 0.170. The molecule has 1 heterocycles. The lowest BCUT2D eigenvalue weighted by atomic mass is 9.98. The van der Waals surface area contributed by atoms with E-state index in [4.69, 9.17) is 23.7 Å². The maximum Gasteiger partial charge on any atom is 0.303 e. The van der Waals surface area contributed by atoms with Crippen molar-refractivity contribution in [1.82, 2.24) is 0 Å². The van der Waals surface area contributed by atoms with Crippen LogP contribution in [0.1, 0.15) is 25.0 Å². The van der Waals surface area contributed by atoms with E-state index in [1.807, 2.05) is 60.7 Å². The van der Waals surface area contributed by atoms with Gasteiger partial charge in [0.05, 0.1) is 13.2 Å². The van der Waals surface area contributed by atoms with Crippen molar-refractivity contribution in [3.8, 4) is 0 Å². The van der Waals surface area contributed by atoms with E-state index in [0.29, 0.717) is 0 Å². The number of esters is 2. The van der Waals surface area contributed by atoms with Gasteiger partial charge in [-0.1, -0.05) is 60.7 Å². The third-order valence-corrected chi connectivity index (χ3v) is 4.93. The number of rotatable bonds is 9. The first kappa shape index (κ1) is 23.9. The highest BCUT2D eigenvalue weighted by molar-refractivity contribution is 5.66. The molecule has 5 atom stereocenters. The van der Waals surface area contributed by atoms with Crippen molar-refractivity contribution in [2.75, 3.05) is 6.61 Å². The molecule has 0 saturated carbocycles. The van der Waals surface area contributed by atoms with Gasteiger partial charge in [-0.25, -0.2) is 0 Å². The maximum absolute atomic E-state index is 11.9. The Morgan fingerprint density at radius 1 is 0.812 bits per heavy atom. The van der Waals surface area contributed by atoms with Crippen LogP contribution in [-0.4, -0.2) is 54.4 Å². The Balaban J connectivity index is 1.81. The number of benzene rings is 2. The number of carbonyl (C=O) groups is 2. The van der Waals surface area contributed by atoms with E-state index in [0.717, 1.165) is 11.1 Å². The zero-order chi connectivity index (χ0) is 22.9. The molecule has 8 heteroatoms. The van der Waals surface area contributed by atoms with Crippen LogP contribution in [0.2, 0.25) is 0 Å². The molecule has 1 N–H and O–H groups in total. The van der Waals surface area contributed by atoms with E-state index in [2.05, 4.69) is 0 Å². The van der Waals surface area contributed by atoms with Crippen molar-refractivity contribution < 1.29 is 38.4 Å². The highest BCUT2D eigenvalue weighted by atomic mass is 16.7. The molecule has 32 heavy (non-hydrogen) atoms. The van der Waals surface area contributed by atoms with Crippen LogP contribution in [-0.2, 0) is 46.5 Å². The summed E-state index contributed by atoms with van der Waals surface area (Å²) in [5.41, 5.74) is 1.78. The molecule has 172 valence electrons. The minimum atomic E-state index is -1.42. The third-order valence-electron chi connectivity index (χ3n) is 4.93. The molecule has 0 amide bonds. The highest BCUT2D eigenvalue weighted by Gasteiger charge is 2.49. The zero-order valence-electron chi connectivity index (χ0n) is 18.1. The molecule has 2 aromatic carbocycles. The summed E-state index contributed by atoms with van der Waals surface area (Å²) in [4.78, 5) is 23.2. The average Bonchev–Trinajstić information content (AvgIpc) is 2.77. The molecule has 0 aliphatic carbocycles. The van der Waals surface area contributed by atoms with Crippen LogP contribution in [0.3, 0.4) is 0 Å². The standard InChI is InChI=1S/C24H28O8/c1-16(25)28-15-20-21(29-13-18-9-5-3-6-10-18)22(31-17(2)26)23(24(27)32-20)30-14-19-11-7-4-8-12-19/h3-12,20-24,27H,13-15H2,1-2H3/t20-,21-,22+,23-,24-/m1/s1. The van der Waals surface area contributed by atoms with Crippen LogP contribution < -0.4 is 0 Å². The molecule has 0 spiro atoms. The van der Waals surface area contributed by atoms with Gasteiger partial charge in [0.1, 0.15) is 24.9 Å². The topological polar surface area (TPSA) is 101 Å². The number of carbonyl (C=O) groups excluding carboxylic acids is 2. The second-order valence-electron chi connectivity index (χ2n) is 7.46. The number of aliphatic hydroxyl groups is 1. The van der Waals surface area contributed by atoms with Crippen LogP contribution in [0, 0.1) is 0 Å². The van der Waals surface area contributed by atoms with Crippen molar-refractivity contribution in [2.24, 2.45) is 0 Å². The summed E-state index contributed by atoms with van der Waals surface area (Å²) in [6.45, 7) is 2.74. The van der Waals surface area contributed by atoms with Gasteiger partial charge in [0.15, 0.2) is 12.4 Å². The van der Waals surface area contributed by atoms with Crippen LogP contribution in [0.4, 0.5) is 0 Å². The van der Waals surface area contributed by atoms with E-state index in [1.54, 1.807) is 0 Å². The van der Waals surface area contributed by atoms with Crippen LogP contribution in [0.5, 0.6) is 0 Å². The lowest BCUT2D eigenvalue weighted by molar-refractivity contribution is -0.309. The van der Waals surface area contributed by atoms with E-state index in [1.165, 1.54) is 13.8 Å². The van der Waals surface area contributed by atoms with E-state index < -0.39 is 42.6 Å². The monoisotopic (exact) mass is 444 g/mol. The summed E-state index contributed by atoms with van der Waals surface area (Å²) < 4.78 is 28.3. The van der Waals surface area contributed by atoms with Gasteiger partial charge in [-0.2, -0.15) is 0 Å². The van der Waals surface area contributed by atoms with Crippen LogP contribution in [0.15, 0.2) is 60.7 Å². The Kier molecular flexibility index (Phi) is 8.75. The first-order chi connectivity index (χ1) is 15.4. The summed E-state index contributed by atoms with van der Waals surface area (Å²) in [6, 6.07) is 18.8. The van der Waals surface area contributed by atoms with Crippen molar-refractivity contribution >= 4 is 11.9 Å². The highest BCUT2D eigenvalue weighted by Crippen LogP contribution is 2.29. The van der Waals surface area contributed by atoms with Crippen LogP contribution in [0.25, 0.3) is 0 Å². The maximum atomic E-state index is 11.9. The quantitative estimate of drug-likeness (QED) is 0.589. The number of hydrogen-bond donors (Lipinski definition) is 1. The molecule has 1 fully saturated rings. The molecule has 1 saturated heterocycles. The minimum Gasteiger partial charge on any atom is -0.463 e.